The third kappa shape index (κ3) is 4.49. The third-order valence-corrected chi connectivity index (χ3v) is 5.04. The minimum Gasteiger partial charge on any atom is -0.462 e. The number of esters is 1. The van der Waals surface area contributed by atoms with Crippen LogP contribution in [0.5, 0.6) is 0 Å². The summed E-state index contributed by atoms with van der Waals surface area (Å²) in [6.07, 6.45) is 1.36. The van der Waals surface area contributed by atoms with Crippen LogP contribution in [0.2, 0.25) is 0 Å². The Morgan fingerprint density at radius 1 is 1.44 bits per heavy atom. The first kappa shape index (κ1) is 19.2. The molecule has 1 amide bonds. The van der Waals surface area contributed by atoms with Gasteiger partial charge in [0.2, 0.25) is 0 Å². The van der Waals surface area contributed by atoms with E-state index < -0.39 is 11.9 Å². The number of furan rings is 1. The van der Waals surface area contributed by atoms with Gasteiger partial charge >= 0.3 is 5.97 Å². The summed E-state index contributed by atoms with van der Waals surface area (Å²) in [4.78, 5) is 25.5. The molecule has 0 fully saturated rings. The molecule has 2 aromatic heterocycles. The van der Waals surface area contributed by atoms with Crippen molar-refractivity contribution in [2.45, 2.75) is 20.8 Å². The van der Waals surface area contributed by atoms with Gasteiger partial charge in [0.1, 0.15) is 22.4 Å². The number of rotatable bonds is 5. The average Bonchev–Trinajstić information content (AvgIpc) is 3.08. The number of amides is 1. The quantitative estimate of drug-likeness (QED) is 0.305. The molecule has 2 aromatic rings. The van der Waals surface area contributed by atoms with E-state index in [0.717, 1.165) is 10.4 Å². The minimum atomic E-state index is -0.610. The minimum absolute atomic E-state index is 0.121. The summed E-state index contributed by atoms with van der Waals surface area (Å²) in [5.41, 5.74) is 0.952. The van der Waals surface area contributed by atoms with E-state index in [1.165, 1.54) is 17.4 Å². The van der Waals surface area contributed by atoms with E-state index in [2.05, 4.69) is 5.32 Å². The van der Waals surface area contributed by atoms with Gasteiger partial charge in [-0.2, -0.15) is 5.26 Å². The van der Waals surface area contributed by atoms with Crippen molar-refractivity contribution in [2.75, 3.05) is 11.9 Å². The van der Waals surface area contributed by atoms with E-state index in [1.54, 1.807) is 26.0 Å². The Hall–Kier alpha value is -2.12. The fourth-order valence-corrected chi connectivity index (χ4v) is 3.51. The lowest BCUT2D eigenvalue weighted by molar-refractivity contribution is -0.112. The molecule has 8 heteroatoms. The Labute approximate surface area is 162 Å². The number of aryl methyl sites for hydroxylation is 1. The van der Waals surface area contributed by atoms with Gasteiger partial charge in [-0.25, -0.2) is 4.79 Å². The number of nitrogens with zero attached hydrogens (tertiary/aromatic N) is 1. The average molecular weight is 470 g/mol. The number of anilines is 1. The summed E-state index contributed by atoms with van der Waals surface area (Å²) in [6, 6.07) is 5.24. The molecule has 6 nitrogen and oxygen atoms in total. The number of carbonyl (C=O) groups excluding carboxylic acids is 2. The van der Waals surface area contributed by atoms with Gasteiger partial charge in [-0.05, 0) is 61.1 Å². The van der Waals surface area contributed by atoms with Crippen LogP contribution in [0.25, 0.3) is 6.08 Å². The molecule has 25 heavy (non-hydrogen) atoms. The van der Waals surface area contributed by atoms with E-state index in [-0.39, 0.29) is 12.2 Å². The molecule has 0 radical (unpaired) electrons. The second-order valence-corrected chi connectivity index (χ2v) is 7.26. The van der Waals surface area contributed by atoms with E-state index >= 15 is 0 Å². The molecule has 2 rings (SSSR count). The van der Waals surface area contributed by atoms with Crippen LogP contribution in [-0.2, 0) is 9.53 Å². The molecule has 0 aliphatic rings. The predicted octanol–water partition coefficient (Wildman–Crippen LogP) is 4.28. The van der Waals surface area contributed by atoms with Crippen molar-refractivity contribution in [2.24, 2.45) is 0 Å². The van der Waals surface area contributed by atoms with Crippen LogP contribution in [-0.4, -0.2) is 18.5 Å². The van der Waals surface area contributed by atoms with Crippen LogP contribution in [0.3, 0.4) is 0 Å². The van der Waals surface area contributed by atoms with Crippen molar-refractivity contribution in [3.63, 3.8) is 0 Å². The smallest absolute Gasteiger partial charge is 0.341 e. The van der Waals surface area contributed by atoms with Gasteiger partial charge in [0.15, 0.2) is 3.77 Å². The molecule has 130 valence electrons. The number of nitriles is 1. The Bertz CT molecular complexity index is 889. The summed E-state index contributed by atoms with van der Waals surface area (Å²) in [5, 5.41) is 12.3. The highest BCUT2D eigenvalue weighted by Gasteiger charge is 2.23. The molecule has 0 saturated carbocycles. The summed E-state index contributed by atoms with van der Waals surface area (Å²) in [7, 11) is 0. The lowest BCUT2D eigenvalue weighted by Gasteiger charge is -2.06. The van der Waals surface area contributed by atoms with Crippen molar-refractivity contribution >= 4 is 56.9 Å². The van der Waals surface area contributed by atoms with Crippen LogP contribution in [0, 0.1) is 28.9 Å². The predicted molar refractivity (Wildman–Crippen MR) is 103 cm³/mol. The maximum atomic E-state index is 12.4. The number of thiophene rings is 1. The lowest BCUT2D eigenvalue weighted by atomic mass is 10.1. The standard InChI is InChI=1S/C17H15IN2O4S/c1-4-23-17(22)14-9(2)10(3)25-16(14)20-15(21)11(8-19)7-12-5-6-13(18)24-12/h5-7H,4H2,1-3H3,(H,20,21)/b11-7+. The summed E-state index contributed by atoms with van der Waals surface area (Å²) >= 11 is 3.26. The van der Waals surface area contributed by atoms with Crippen molar-refractivity contribution in [3.05, 3.63) is 43.2 Å². The number of hydrogen-bond acceptors (Lipinski definition) is 6. The summed E-state index contributed by atoms with van der Waals surface area (Å²) in [5.74, 6) is -0.705. The Balaban J connectivity index is 2.31. The van der Waals surface area contributed by atoms with Crippen LogP contribution in [0.4, 0.5) is 5.00 Å². The molecule has 1 N–H and O–H groups in total. The van der Waals surface area contributed by atoms with Gasteiger partial charge in [0, 0.05) is 11.0 Å². The fourth-order valence-electron chi connectivity index (χ4n) is 2.03. The molecule has 0 bridgehead atoms. The first-order valence-electron chi connectivity index (χ1n) is 7.33. The fraction of sp³-hybridized carbons (Fsp3) is 0.235. The molecule has 0 aliphatic heterocycles. The molecule has 0 unspecified atom stereocenters. The van der Waals surface area contributed by atoms with Crippen LogP contribution in [0.15, 0.2) is 22.1 Å². The van der Waals surface area contributed by atoms with E-state index in [9.17, 15) is 14.9 Å². The monoisotopic (exact) mass is 470 g/mol. The SMILES string of the molecule is CCOC(=O)c1c(NC(=O)/C(C#N)=C/c2ccc(I)o2)sc(C)c1C. The molecule has 0 saturated heterocycles. The van der Waals surface area contributed by atoms with Gasteiger partial charge in [-0.15, -0.1) is 11.3 Å². The first-order chi connectivity index (χ1) is 11.9. The van der Waals surface area contributed by atoms with E-state index in [0.29, 0.717) is 20.1 Å². The number of hydrogen-bond donors (Lipinski definition) is 1. The van der Waals surface area contributed by atoms with Crippen LogP contribution >= 0.6 is 33.9 Å². The van der Waals surface area contributed by atoms with Crippen LogP contribution < -0.4 is 5.32 Å². The Morgan fingerprint density at radius 2 is 2.16 bits per heavy atom. The molecular weight excluding hydrogens is 455 g/mol. The zero-order chi connectivity index (χ0) is 18.6. The summed E-state index contributed by atoms with van der Waals surface area (Å²) in [6.45, 7) is 5.59. The highest BCUT2D eigenvalue weighted by molar-refractivity contribution is 14.1. The van der Waals surface area contributed by atoms with Crippen molar-refractivity contribution < 1.29 is 18.7 Å². The molecular formula is C17H15IN2O4S. The van der Waals surface area contributed by atoms with Gasteiger partial charge in [0.25, 0.3) is 5.91 Å². The largest absolute Gasteiger partial charge is 0.462 e. The molecule has 0 spiro atoms. The zero-order valence-electron chi connectivity index (χ0n) is 13.8. The maximum absolute atomic E-state index is 12.4. The molecule has 2 heterocycles. The molecule has 0 atom stereocenters. The Morgan fingerprint density at radius 3 is 2.72 bits per heavy atom. The number of ether oxygens (including phenoxy) is 1. The number of nitrogens with one attached hydrogen (secondary N) is 1. The van der Waals surface area contributed by atoms with Crippen LogP contribution in [0.1, 0.15) is 33.5 Å². The second kappa shape index (κ2) is 8.31. The first-order valence-corrected chi connectivity index (χ1v) is 9.22. The second-order valence-electron chi connectivity index (χ2n) is 4.97. The van der Waals surface area contributed by atoms with E-state index in [1.807, 2.05) is 35.6 Å². The van der Waals surface area contributed by atoms with Gasteiger partial charge in [-0.3, -0.25) is 4.79 Å². The molecule has 0 aromatic carbocycles. The van der Waals surface area contributed by atoms with Gasteiger partial charge in [0.05, 0.1) is 12.2 Å². The third-order valence-electron chi connectivity index (χ3n) is 3.34. The molecule has 0 aliphatic carbocycles. The Kier molecular flexibility index (Phi) is 6.39. The highest BCUT2D eigenvalue weighted by Crippen LogP contribution is 2.33. The number of carbonyl (C=O) groups is 2. The zero-order valence-corrected chi connectivity index (χ0v) is 16.8. The number of halogens is 1. The van der Waals surface area contributed by atoms with Crippen molar-refractivity contribution in [1.82, 2.24) is 0 Å². The van der Waals surface area contributed by atoms with Gasteiger partial charge < -0.3 is 14.5 Å². The lowest BCUT2D eigenvalue weighted by Crippen LogP contribution is -2.16. The van der Waals surface area contributed by atoms with Gasteiger partial charge in [-0.1, -0.05) is 0 Å². The topological polar surface area (TPSA) is 92.3 Å². The normalized spacial score (nSPS) is 11.1. The van der Waals surface area contributed by atoms with E-state index in [4.69, 9.17) is 9.15 Å². The van der Waals surface area contributed by atoms with Crippen molar-refractivity contribution in [1.29, 1.82) is 5.26 Å². The summed E-state index contributed by atoms with van der Waals surface area (Å²) < 4.78 is 11.0. The van der Waals surface area contributed by atoms with Crippen molar-refractivity contribution in [3.8, 4) is 6.07 Å². The maximum Gasteiger partial charge on any atom is 0.341 e. The highest BCUT2D eigenvalue weighted by atomic mass is 127.